The van der Waals surface area contributed by atoms with Crippen molar-refractivity contribution in [3.63, 3.8) is 0 Å². The van der Waals surface area contributed by atoms with Gasteiger partial charge < -0.3 is 20.3 Å². The van der Waals surface area contributed by atoms with Crippen molar-refractivity contribution >= 4 is 11.9 Å². The smallest absolute Gasteiger partial charge is 0.236 e. The van der Waals surface area contributed by atoms with Crippen molar-refractivity contribution in [2.24, 2.45) is 10.4 Å². The van der Waals surface area contributed by atoms with Crippen molar-refractivity contribution in [1.29, 1.82) is 0 Å². The van der Waals surface area contributed by atoms with Gasteiger partial charge in [-0.3, -0.25) is 14.7 Å². The quantitative estimate of drug-likeness (QED) is 0.521. The van der Waals surface area contributed by atoms with Crippen LogP contribution in [-0.2, 0) is 9.53 Å². The lowest BCUT2D eigenvalue weighted by molar-refractivity contribution is -0.130. The number of methoxy groups -OCH3 is 1. The second kappa shape index (κ2) is 10.7. The number of guanidine groups is 1. The molecule has 26 heavy (non-hydrogen) atoms. The Morgan fingerprint density at radius 3 is 2.38 bits per heavy atom. The number of carbonyl (C=O) groups excluding carboxylic acids is 1. The van der Waals surface area contributed by atoms with Gasteiger partial charge >= 0.3 is 0 Å². The minimum atomic E-state index is 0.0554. The predicted octanol–water partition coefficient (Wildman–Crippen LogP) is 1.16. The summed E-state index contributed by atoms with van der Waals surface area (Å²) >= 11 is 0. The molecule has 0 aromatic carbocycles. The molecule has 7 nitrogen and oxygen atoms in total. The number of aliphatic imine (C=N–C) groups is 1. The summed E-state index contributed by atoms with van der Waals surface area (Å²) in [5, 5.41) is 6.87. The summed E-state index contributed by atoms with van der Waals surface area (Å²) < 4.78 is 5.60. The lowest BCUT2D eigenvalue weighted by Gasteiger charge is -2.33. The number of carbonyl (C=O) groups is 1. The monoisotopic (exact) mass is 369 g/mol. The molecule has 0 aliphatic carbocycles. The van der Waals surface area contributed by atoms with E-state index in [-0.39, 0.29) is 17.4 Å². The van der Waals surface area contributed by atoms with Crippen molar-refractivity contribution in [3.8, 4) is 0 Å². The van der Waals surface area contributed by atoms with E-state index in [4.69, 9.17) is 9.73 Å². The fraction of sp³-hybridized carbons (Fsp3) is 0.895. The van der Waals surface area contributed by atoms with Gasteiger partial charge in [0.25, 0.3) is 0 Å². The minimum absolute atomic E-state index is 0.0554. The average molecular weight is 370 g/mol. The fourth-order valence-corrected chi connectivity index (χ4v) is 2.96. The van der Waals surface area contributed by atoms with Gasteiger partial charge in [0.2, 0.25) is 5.91 Å². The maximum Gasteiger partial charge on any atom is 0.236 e. The Morgan fingerprint density at radius 1 is 1.31 bits per heavy atom. The third-order valence-electron chi connectivity index (χ3n) is 4.80. The Kier molecular flexibility index (Phi) is 9.36. The standard InChI is InChI=1S/C19H39N5O2/c1-8-20-18(21-13-16(26-7)19(2,3)4)22-15-9-11-24(12-10-15)14-17(25)23(5)6/h15-16H,8-14H2,1-7H3,(H2,20,21,22). The normalized spacial score (nSPS) is 18.5. The molecule has 0 spiro atoms. The van der Waals surface area contributed by atoms with E-state index in [2.05, 4.69) is 43.2 Å². The highest BCUT2D eigenvalue weighted by Gasteiger charge is 2.25. The number of nitrogens with zero attached hydrogens (tertiary/aromatic N) is 3. The molecule has 1 aliphatic rings. The lowest BCUT2D eigenvalue weighted by Crippen LogP contribution is -2.50. The first-order valence-corrected chi connectivity index (χ1v) is 9.67. The molecule has 7 heteroatoms. The number of hydrogen-bond acceptors (Lipinski definition) is 4. The largest absolute Gasteiger partial charge is 0.379 e. The molecule has 0 aromatic heterocycles. The molecule has 1 unspecified atom stereocenters. The van der Waals surface area contributed by atoms with Crippen molar-refractivity contribution in [1.82, 2.24) is 20.4 Å². The Bertz CT molecular complexity index is 451. The average Bonchev–Trinajstić information content (AvgIpc) is 2.55. The third-order valence-corrected chi connectivity index (χ3v) is 4.80. The molecule has 1 fully saturated rings. The van der Waals surface area contributed by atoms with Gasteiger partial charge in [0, 0.05) is 46.9 Å². The molecular weight excluding hydrogens is 330 g/mol. The number of hydrogen-bond donors (Lipinski definition) is 2. The zero-order valence-electron chi connectivity index (χ0n) is 17.8. The Labute approximate surface area is 159 Å². The van der Waals surface area contributed by atoms with E-state index >= 15 is 0 Å². The van der Waals surface area contributed by atoms with Gasteiger partial charge in [-0.05, 0) is 25.2 Å². The summed E-state index contributed by atoms with van der Waals surface area (Å²) in [6.45, 7) is 12.4. The molecule has 1 aliphatic heterocycles. The molecule has 0 saturated carbocycles. The van der Waals surface area contributed by atoms with E-state index in [1.54, 1.807) is 26.1 Å². The molecule has 2 N–H and O–H groups in total. The maximum atomic E-state index is 11.8. The highest BCUT2D eigenvalue weighted by Crippen LogP contribution is 2.21. The summed E-state index contributed by atoms with van der Waals surface area (Å²) in [6, 6.07) is 0.383. The molecular formula is C19H39N5O2. The van der Waals surface area contributed by atoms with E-state index in [0.717, 1.165) is 38.4 Å². The predicted molar refractivity (Wildman–Crippen MR) is 108 cm³/mol. The third kappa shape index (κ3) is 7.91. The lowest BCUT2D eigenvalue weighted by atomic mass is 9.89. The van der Waals surface area contributed by atoms with Crippen molar-refractivity contribution in [2.75, 3.05) is 53.9 Å². The van der Waals surface area contributed by atoms with Crippen LogP contribution in [0.2, 0.25) is 0 Å². The van der Waals surface area contributed by atoms with Crippen molar-refractivity contribution in [2.45, 2.75) is 52.7 Å². The zero-order chi connectivity index (χ0) is 19.7. The van der Waals surface area contributed by atoms with Gasteiger partial charge in [0.05, 0.1) is 19.2 Å². The Hall–Kier alpha value is -1.34. The van der Waals surface area contributed by atoms with Gasteiger partial charge in [-0.2, -0.15) is 0 Å². The van der Waals surface area contributed by atoms with Crippen LogP contribution < -0.4 is 10.6 Å². The topological polar surface area (TPSA) is 69.2 Å². The van der Waals surface area contributed by atoms with Gasteiger partial charge in [-0.15, -0.1) is 0 Å². The minimum Gasteiger partial charge on any atom is -0.379 e. The fourth-order valence-electron chi connectivity index (χ4n) is 2.96. The van der Waals surface area contributed by atoms with Crippen LogP contribution in [-0.4, -0.2) is 87.7 Å². The number of ether oxygens (including phenoxy) is 1. The summed E-state index contributed by atoms with van der Waals surface area (Å²) in [6.07, 6.45) is 2.10. The molecule has 0 bridgehead atoms. The van der Waals surface area contributed by atoms with Crippen LogP contribution in [0.1, 0.15) is 40.5 Å². The summed E-state index contributed by atoms with van der Waals surface area (Å²) in [7, 11) is 5.36. The number of amides is 1. The number of piperidine rings is 1. The van der Waals surface area contributed by atoms with E-state index in [1.807, 2.05) is 0 Å². The molecule has 1 amide bonds. The maximum absolute atomic E-state index is 11.8. The second-order valence-electron chi connectivity index (χ2n) is 8.29. The number of rotatable bonds is 7. The summed E-state index contributed by atoms with van der Waals surface area (Å²) in [5.74, 6) is 1.01. The molecule has 1 saturated heterocycles. The first kappa shape index (κ1) is 22.7. The van der Waals surface area contributed by atoms with Crippen LogP contribution in [0.5, 0.6) is 0 Å². The van der Waals surface area contributed by atoms with Crippen LogP contribution >= 0.6 is 0 Å². The van der Waals surface area contributed by atoms with Crippen molar-refractivity contribution in [3.05, 3.63) is 0 Å². The van der Waals surface area contributed by atoms with E-state index in [9.17, 15) is 4.79 Å². The van der Waals surface area contributed by atoms with Crippen molar-refractivity contribution < 1.29 is 9.53 Å². The van der Waals surface area contributed by atoms with Gasteiger partial charge in [-0.25, -0.2) is 0 Å². The van der Waals surface area contributed by atoms with Gasteiger partial charge in [-0.1, -0.05) is 20.8 Å². The van der Waals surface area contributed by atoms with Crippen LogP contribution in [0.3, 0.4) is 0 Å². The van der Waals surface area contributed by atoms with Crippen LogP contribution in [0, 0.1) is 5.41 Å². The molecule has 152 valence electrons. The van der Waals surface area contributed by atoms with E-state index in [1.165, 1.54) is 0 Å². The second-order valence-corrected chi connectivity index (χ2v) is 8.29. The highest BCUT2D eigenvalue weighted by atomic mass is 16.5. The summed E-state index contributed by atoms with van der Waals surface area (Å²) in [4.78, 5) is 20.5. The Balaban J connectivity index is 2.53. The Morgan fingerprint density at radius 2 is 1.92 bits per heavy atom. The van der Waals surface area contributed by atoms with E-state index < -0.39 is 0 Å². The van der Waals surface area contributed by atoms with Crippen LogP contribution in [0.15, 0.2) is 4.99 Å². The molecule has 1 heterocycles. The zero-order valence-corrected chi connectivity index (χ0v) is 17.8. The SMILES string of the molecule is CCNC(=NCC(OC)C(C)(C)C)NC1CCN(CC(=O)N(C)C)CC1. The van der Waals surface area contributed by atoms with Crippen LogP contribution in [0.4, 0.5) is 0 Å². The number of nitrogens with one attached hydrogen (secondary N) is 2. The first-order valence-electron chi connectivity index (χ1n) is 9.67. The first-order chi connectivity index (χ1) is 12.2. The molecule has 1 rings (SSSR count). The molecule has 1 atom stereocenters. The van der Waals surface area contributed by atoms with Gasteiger partial charge in [0.1, 0.15) is 0 Å². The van der Waals surface area contributed by atoms with E-state index in [0.29, 0.717) is 19.1 Å². The van der Waals surface area contributed by atoms with Gasteiger partial charge in [0.15, 0.2) is 5.96 Å². The number of likely N-dealkylation sites (N-methyl/N-ethyl adjacent to an activating group) is 1. The number of likely N-dealkylation sites (tertiary alicyclic amines) is 1. The molecule has 0 aromatic rings. The highest BCUT2D eigenvalue weighted by molar-refractivity contribution is 5.80. The van der Waals surface area contributed by atoms with Crippen LogP contribution in [0.25, 0.3) is 0 Å². The summed E-state index contributed by atoms with van der Waals surface area (Å²) in [5.41, 5.74) is 0.0554. The molecule has 0 radical (unpaired) electrons.